The molecule has 0 aliphatic carbocycles. The van der Waals surface area contributed by atoms with Crippen LogP contribution in [-0.4, -0.2) is 56.8 Å². The van der Waals surface area contributed by atoms with Crippen LogP contribution in [0.3, 0.4) is 0 Å². The molecule has 0 unspecified atom stereocenters. The lowest BCUT2D eigenvalue weighted by atomic mass is 9.96. The Kier molecular flexibility index (Phi) is 5.17. The Morgan fingerprint density at radius 1 is 1.03 bits per heavy atom. The van der Waals surface area contributed by atoms with Crippen molar-refractivity contribution in [2.24, 2.45) is 0 Å². The third kappa shape index (κ3) is 4.05. The van der Waals surface area contributed by atoms with Crippen LogP contribution in [0, 0.1) is 0 Å². The minimum atomic E-state index is -0.144. The minimum absolute atomic E-state index is 0.106. The van der Waals surface area contributed by atoms with E-state index in [0.29, 0.717) is 24.5 Å². The predicted molar refractivity (Wildman–Crippen MR) is 113 cm³/mol. The summed E-state index contributed by atoms with van der Waals surface area (Å²) in [6.07, 6.45) is 0.333. The minimum Gasteiger partial charge on any atom is -0.352 e. The molecule has 2 aromatic heterocycles. The van der Waals surface area contributed by atoms with Crippen LogP contribution in [0.4, 0.5) is 5.82 Å². The summed E-state index contributed by atoms with van der Waals surface area (Å²) >= 11 is 6.19. The Labute approximate surface area is 175 Å². The average molecular weight is 413 g/mol. The molecule has 4 rings (SSSR count). The van der Waals surface area contributed by atoms with Crippen molar-refractivity contribution in [2.45, 2.75) is 32.6 Å². The number of nitrogens with zero attached hydrogens (tertiary/aromatic N) is 6. The number of hydrogen-bond donors (Lipinski definition) is 0. The van der Waals surface area contributed by atoms with Crippen molar-refractivity contribution in [1.82, 2.24) is 24.7 Å². The summed E-state index contributed by atoms with van der Waals surface area (Å²) in [5, 5.41) is 13.9. The number of carbonyl (C=O) groups is 1. The van der Waals surface area contributed by atoms with Gasteiger partial charge < -0.3 is 9.80 Å². The van der Waals surface area contributed by atoms with Crippen LogP contribution in [0.15, 0.2) is 36.4 Å². The number of benzene rings is 1. The molecular formula is C21H25ClN6O. The molecule has 1 saturated heterocycles. The summed E-state index contributed by atoms with van der Waals surface area (Å²) in [6, 6.07) is 11.4. The van der Waals surface area contributed by atoms with Crippen molar-refractivity contribution in [3.8, 4) is 0 Å². The SMILES string of the molecule is CC(C)(C)c1nnc2ccc(N3CCN(C(=O)Cc4ccccc4Cl)CC3)nn12. The highest BCUT2D eigenvalue weighted by Crippen LogP contribution is 2.22. The molecule has 152 valence electrons. The zero-order chi connectivity index (χ0) is 20.6. The van der Waals surface area contributed by atoms with Crippen molar-refractivity contribution >= 4 is 29.0 Å². The highest BCUT2D eigenvalue weighted by molar-refractivity contribution is 6.31. The topological polar surface area (TPSA) is 66.6 Å². The number of rotatable bonds is 3. The maximum atomic E-state index is 12.7. The van der Waals surface area contributed by atoms with Crippen LogP contribution in [-0.2, 0) is 16.6 Å². The molecule has 1 fully saturated rings. The molecule has 1 aromatic carbocycles. The summed E-state index contributed by atoms with van der Waals surface area (Å²) in [6.45, 7) is 9.09. The fourth-order valence-electron chi connectivity index (χ4n) is 3.52. The summed E-state index contributed by atoms with van der Waals surface area (Å²) < 4.78 is 1.82. The van der Waals surface area contributed by atoms with Crippen LogP contribution >= 0.6 is 11.6 Å². The monoisotopic (exact) mass is 412 g/mol. The van der Waals surface area contributed by atoms with Gasteiger partial charge >= 0.3 is 0 Å². The van der Waals surface area contributed by atoms with Gasteiger partial charge in [0, 0.05) is 36.6 Å². The second-order valence-corrected chi connectivity index (χ2v) is 8.78. The van der Waals surface area contributed by atoms with E-state index in [2.05, 4.69) is 35.9 Å². The largest absolute Gasteiger partial charge is 0.352 e. The maximum Gasteiger partial charge on any atom is 0.227 e. The van der Waals surface area contributed by atoms with Crippen LogP contribution < -0.4 is 4.90 Å². The van der Waals surface area contributed by atoms with Gasteiger partial charge in [-0.3, -0.25) is 4.79 Å². The Morgan fingerprint density at radius 2 is 1.76 bits per heavy atom. The number of halogens is 1. The van der Waals surface area contributed by atoms with Crippen molar-refractivity contribution in [2.75, 3.05) is 31.1 Å². The number of amides is 1. The van der Waals surface area contributed by atoms with Crippen LogP contribution in [0.25, 0.3) is 5.65 Å². The second kappa shape index (κ2) is 7.63. The molecule has 29 heavy (non-hydrogen) atoms. The van der Waals surface area contributed by atoms with Crippen molar-refractivity contribution in [3.05, 3.63) is 52.8 Å². The molecule has 1 aliphatic heterocycles. The number of carbonyl (C=O) groups excluding carboxylic acids is 1. The van der Waals surface area contributed by atoms with E-state index in [1.165, 1.54) is 0 Å². The number of aromatic nitrogens is 4. The van der Waals surface area contributed by atoms with Gasteiger partial charge in [0.25, 0.3) is 0 Å². The van der Waals surface area contributed by atoms with E-state index in [0.717, 1.165) is 35.9 Å². The van der Waals surface area contributed by atoms with Gasteiger partial charge in [0.2, 0.25) is 5.91 Å². The lowest BCUT2D eigenvalue weighted by Gasteiger charge is -2.35. The van der Waals surface area contributed by atoms with Gasteiger partial charge in [-0.15, -0.1) is 15.3 Å². The number of hydrogen-bond acceptors (Lipinski definition) is 5. The van der Waals surface area contributed by atoms with E-state index in [9.17, 15) is 4.79 Å². The smallest absolute Gasteiger partial charge is 0.227 e. The lowest BCUT2D eigenvalue weighted by Crippen LogP contribution is -2.49. The van der Waals surface area contributed by atoms with Crippen molar-refractivity contribution in [3.63, 3.8) is 0 Å². The molecule has 0 bridgehead atoms. The van der Waals surface area contributed by atoms with Gasteiger partial charge in [-0.05, 0) is 23.8 Å². The fraction of sp³-hybridized carbons (Fsp3) is 0.429. The zero-order valence-corrected chi connectivity index (χ0v) is 17.7. The molecule has 1 amide bonds. The van der Waals surface area contributed by atoms with E-state index < -0.39 is 0 Å². The first-order valence-corrected chi connectivity index (χ1v) is 10.2. The van der Waals surface area contributed by atoms with Gasteiger partial charge in [-0.1, -0.05) is 50.6 Å². The molecule has 0 saturated carbocycles. The Hall–Kier alpha value is -2.67. The predicted octanol–water partition coefficient (Wildman–Crippen LogP) is 2.97. The van der Waals surface area contributed by atoms with Gasteiger partial charge in [-0.2, -0.15) is 4.52 Å². The molecule has 3 heterocycles. The van der Waals surface area contributed by atoms with Crippen molar-refractivity contribution < 1.29 is 4.79 Å². The number of piperazine rings is 1. The first-order valence-electron chi connectivity index (χ1n) is 9.82. The van der Waals surface area contributed by atoms with Crippen LogP contribution in [0.2, 0.25) is 5.02 Å². The normalized spacial score (nSPS) is 15.2. The Bertz CT molecular complexity index is 1030. The summed E-state index contributed by atoms with van der Waals surface area (Å²) in [4.78, 5) is 16.8. The molecule has 7 nitrogen and oxygen atoms in total. The Morgan fingerprint density at radius 3 is 2.45 bits per heavy atom. The molecular weight excluding hydrogens is 388 g/mol. The van der Waals surface area contributed by atoms with E-state index in [4.69, 9.17) is 16.7 Å². The summed E-state index contributed by atoms with van der Waals surface area (Å²) in [7, 11) is 0. The standard InChI is InChI=1S/C21H25ClN6O/c1-21(2,3)20-24-23-17-8-9-18(25-28(17)20)26-10-12-27(13-11-26)19(29)14-15-6-4-5-7-16(15)22/h4-9H,10-14H2,1-3H3. The molecule has 0 radical (unpaired) electrons. The third-order valence-corrected chi connectivity index (χ3v) is 5.54. The third-order valence-electron chi connectivity index (χ3n) is 5.18. The molecule has 0 spiro atoms. The van der Waals surface area contributed by atoms with Gasteiger partial charge in [-0.25, -0.2) is 0 Å². The van der Waals surface area contributed by atoms with Crippen LogP contribution in [0.5, 0.6) is 0 Å². The van der Waals surface area contributed by atoms with E-state index in [1.54, 1.807) is 0 Å². The number of fused-ring (bicyclic) bond motifs is 1. The average Bonchev–Trinajstić information content (AvgIpc) is 3.13. The van der Waals surface area contributed by atoms with Crippen LogP contribution in [0.1, 0.15) is 32.2 Å². The first-order chi connectivity index (χ1) is 13.8. The fourth-order valence-corrected chi connectivity index (χ4v) is 3.72. The molecule has 0 N–H and O–H groups in total. The summed E-state index contributed by atoms with van der Waals surface area (Å²) in [5.74, 6) is 1.82. The number of anilines is 1. The quantitative estimate of drug-likeness (QED) is 0.661. The first kappa shape index (κ1) is 19.6. The molecule has 3 aromatic rings. The van der Waals surface area contributed by atoms with Gasteiger partial charge in [0.05, 0.1) is 6.42 Å². The van der Waals surface area contributed by atoms with E-state index >= 15 is 0 Å². The maximum absolute atomic E-state index is 12.7. The molecule has 0 atom stereocenters. The Balaban J connectivity index is 1.44. The van der Waals surface area contributed by atoms with E-state index in [-0.39, 0.29) is 11.3 Å². The highest BCUT2D eigenvalue weighted by atomic mass is 35.5. The van der Waals surface area contributed by atoms with Gasteiger partial charge in [0.1, 0.15) is 5.82 Å². The lowest BCUT2D eigenvalue weighted by molar-refractivity contribution is -0.130. The molecule has 1 aliphatic rings. The zero-order valence-electron chi connectivity index (χ0n) is 17.0. The summed E-state index contributed by atoms with van der Waals surface area (Å²) in [5.41, 5.74) is 1.47. The molecule has 8 heteroatoms. The second-order valence-electron chi connectivity index (χ2n) is 8.37. The van der Waals surface area contributed by atoms with Gasteiger partial charge in [0.15, 0.2) is 11.5 Å². The highest BCUT2D eigenvalue weighted by Gasteiger charge is 2.25. The van der Waals surface area contributed by atoms with E-state index in [1.807, 2.05) is 45.8 Å². The van der Waals surface area contributed by atoms with Crippen molar-refractivity contribution in [1.29, 1.82) is 0 Å².